The van der Waals surface area contributed by atoms with Gasteiger partial charge in [0.25, 0.3) is 5.91 Å². The van der Waals surface area contributed by atoms with E-state index < -0.39 is 6.04 Å². The van der Waals surface area contributed by atoms with Crippen molar-refractivity contribution in [1.29, 1.82) is 0 Å². The van der Waals surface area contributed by atoms with E-state index in [9.17, 15) is 4.79 Å². The van der Waals surface area contributed by atoms with E-state index in [1.165, 1.54) is 0 Å². The van der Waals surface area contributed by atoms with Gasteiger partial charge in [0.05, 0.1) is 24.2 Å². The zero-order valence-electron chi connectivity index (χ0n) is 17.5. The summed E-state index contributed by atoms with van der Waals surface area (Å²) in [5.41, 5.74) is 5.67. The molecule has 0 bridgehead atoms. The first-order valence-corrected chi connectivity index (χ1v) is 11.4. The quantitative estimate of drug-likeness (QED) is 0.557. The summed E-state index contributed by atoms with van der Waals surface area (Å²) in [6.45, 7) is 4.67. The standard InChI is InChI=1S/C23H26Cl2N4O2/c1-2-6-21(23(30)27-28-11-13-31-14-12-28)29-20-10-4-3-9-19(20)26-22(29)15-16-17(24)7-5-8-18(16)25/h3-5,7-10,21H,2,6,11-15H2,1H3,(H,27,30). The number of hydrogen-bond acceptors (Lipinski definition) is 4. The van der Waals surface area contributed by atoms with Gasteiger partial charge in [-0.05, 0) is 36.2 Å². The van der Waals surface area contributed by atoms with Crippen LogP contribution in [0.1, 0.15) is 37.2 Å². The highest BCUT2D eigenvalue weighted by Gasteiger charge is 2.27. The summed E-state index contributed by atoms with van der Waals surface area (Å²) in [7, 11) is 0. The molecular formula is C23H26Cl2N4O2. The number of para-hydroxylation sites is 2. The number of amides is 1. The number of ether oxygens (including phenoxy) is 1. The number of hydrogen-bond donors (Lipinski definition) is 1. The summed E-state index contributed by atoms with van der Waals surface area (Å²) < 4.78 is 7.44. The number of fused-ring (bicyclic) bond motifs is 1. The fraction of sp³-hybridized carbons (Fsp3) is 0.391. The zero-order chi connectivity index (χ0) is 21.8. The average molecular weight is 461 g/mol. The van der Waals surface area contributed by atoms with Crippen LogP contribution in [0.15, 0.2) is 42.5 Å². The molecule has 4 rings (SSSR count). The third-order valence-corrected chi connectivity index (χ3v) is 6.23. The maximum Gasteiger partial charge on any atom is 0.257 e. The van der Waals surface area contributed by atoms with Gasteiger partial charge < -0.3 is 9.30 Å². The zero-order valence-corrected chi connectivity index (χ0v) is 19.0. The van der Waals surface area contributed by atoms with Crippen molar-refractivity contribution in [2.75, 3.05) is 26.3 Å². The second-order valence-electron chi connectivity index (χ2n) is 7.64. The number of benzene rings is 2. The Morgan fingerprint density at radius 3 is 2.55 bits per heavy atom. The Kier molecular flexibility index (Phi) is 7.13. The highest BCUT2D eigenvalue weighted by atomic mass is 35.5. The minimum atomic E-state index is -0.392. The van der Waals surface area contributed by atoms with Crippen LogP contribution in [0.2, 0.25) is 10.0 Å². The molecular weight excluding hydrogens is 435 g/mol. The van der Waals surface area contributed by atoms with E-state index in [-0.39, 0.29) is 5.91 Å². The summed E-state index contributed by atoms with van der Waals surface area (Å²) in [5.74, 6) is 0.727. The predicted molar refractivity (Wildman–Crippen MR) is 123 cm³/mol. The molecule has 1 aliphatic heterocycles. The van der Waals surface area contributed by atoms with E-state index in [0.717, 1.165) is 28.8 Å². The second-order valence-corrected chi connectivity index (χ2v) is 8.46. The number of nitrogens with zero attached hydrogens (tertiary/aromatic N) is 3. The number of carbonyl (C=O) groups is 1. The molecule has 1 aromatic heterocycles. The lowest BCUT2D eigenvalue weighted by Crippen LogP contribution is -2.50. The minimum Gasteiger partial charge on any atom is -0.379 e. The Labute approximate surface area is 192 Å². The van der Waals surface area contributed by atoms with Crippen molar-refractivity contribution in [3.63, 3.8) is 0 Å². The first-order chi connectivity index (χ1) is 15.1. The van der Waals surface area contributed by atoms with Crippen LogP contribution in [0.3, 0.4) is 0 Å². The Bertz CT molecular complexity index is 1040. The van der Waals surface area contributed by atoms with Crippen LogP contribution < -0.4 is 5.43 Å². The normalized spacial score (nSPS) is 15.8. The number of rotatable bonds is 7. The van der Waals surface area contributed by atoms with Gasteiger partial charge in [0.1, 0.15) is 11.9 Å². The summed E-state index contributed by atoms with van der Waals surface area (Å²) in [5, 5.41) is 3.12. The highest BCUT2D eigenvalue weighted by molar-refractivity contribution is 6.36. The molecule has 6 nitrogen and oxygen atoms in total. The van der Waals surface area contributed by atoms with Crippen molar-refractivity contribution in [2.24, 2.45) is 0 Å². The van der Waals surface area contributed by atoms with Crippen molar-refractivity contribution in [3.05, 3.63) is 63.9 Å². The maximum atomic E-state index is 13.4. The van der Waals surface area contributed by atoms with Crippen molar-refractivity contribution in [1.82, 2.24) is 20.0 Å². The molecule has 1 atom stereocenters. The summed E-state index contributed by atoms with van der Waals surface area (Å²) in [6, 6.07) is 13.0. The van der Waals surface area contributed by atoms with Gasteiger partial charge in [-0.2, -0.15) is 0 Å². The number of halogens is 2. The fourth-order valence-electron chi connectivity index (χ4n) is 3.98. The number of morpholine rings is 1. The molecule has 1 unspecified atom stereocenters. The van der Waals surface area contributed by atoms with Crippen LogP contribution in [-0.2, 0) is 16.0 Å². The number of nitrogens with one attached hydrogen (secondary N) is 1. The Hall–Kier alpha value is -2.12. The van der Waals surface area contributed by atoms with Crippen LogP contribution in [0.5, 0.6) is 0 Å². The molecule has 1 amide bonds. The van der Waals surface area contributed by atoms with Gasteiger partial charge in [-0.25, -0.2) is 9.99 Å². The molecule has 1 aliphatic rings. The van der Waals surface area contributed by atoms with Crippen LogP contribution >= 0.6 is 23.2 Å². The smallest absolute Gasteiger partial charge is 0.257 e. The molecule has 3 aromatic rings. The molecule has 0 saturated carbocycles. The average Bonchev–Trinajstić information content (AvgIpc) is 3.13. The van der Waals surface area contributed by atoms with Gasteiger partial charge in [0.2, 0.25) is 0 Å². The first kappa shape index (κ1) is 22.1. The summed E-state index contributed by atoms with van der Waals surface area (Å²) in [4.78, 5) is 18.2. The fourth-order valence-corrected chi connectivity index (χ4v) is 4.51. The van der Waals surface area contributed by atoms with E-state index in [0.29, 0.717) is 49.2 Å². The van der Waals surface area contributed by atoms with E-state index in [4.69, 9.17) is 32.9 Å². The minimum absolute atomic E-state index is 0.0431. The molecule has 0 spiro atoms. The highest BCUT2D eigenvalue weighted by Crippen LogP contribution is 2.31. The van der Waals surface area contributed by atoms with Gasteiger partial charge >= 0.3 is 0 Å². The number of imidazole rings is 1. The lowest BCUT2D eigenvalue weighted by Gasteiger charge is -2.30. The molecule has 1 N–H and O–H groups in total. The topological polar surface area (TPSA) is 59.4 Å². The van der Waals surface area contributed by atoms with Crippen molar-refractivity contribution in [3.8, 4) is 0 Å². The molecule has 2 aromatic carbocycles. The van der Waals surface area contributed by atoms with E-state index in [2.05, 4.69) is 12.3 Å². The number of aromatic nitrogens is 2. The van der Waals surface area contributed by atoms with Gasteiger partial charge in [-0.3, -0.25) is 10.2 Å². The van der Waals surface area contributed by atoms with E-state index in [1.807, 2.05) is 52.0 Å². The van der Waals surface area contributed by atoms with E-state index >= 15 is 0 Å². The lowest BCUT2D eigenvalue weighted by molar-refractivity contribution is -0.131. The third kappa shape index (κ3) is 4.88. The molecule has 2 heterocycles. The Morgan fingerprint density at radius 1 is 1.13 bits per heavy atom. The van der Waals surface area contributed by atoms with Crippen molar-refractivity contribution < 1.29 is 9.53 Å². The lowest BCUT2D eigenvalue weighted by atomic mass is 10.1. The van der Waals surface area contributed by atoms with Crippen molar-refractivity contribution >= 4 is 40.1 Å². The molecule has 0 radical (unpaired) electrons. The van der Waals surface area contributed by atoms with Crippen LogP contribution in [-0.4, -0.2) is 46.8 Å². The predicted octanol–water partition coefficient (Wildman–Crippen LogP) is 4.64. The van der Waals surface area contributed by atoms with Crippen LogP contribution in [0.25, 0.3) is 11.0 Å². The largest absolute Gasteiger partial charge is 0.379 e. The van der Waals surface area contributed by atoms with Gasteiger partial charge in [-0.15, -0.1) is 0 Å². The maximum absolute atomic E-state index is 13.4. The van der Waals surface area contributed by atoms with E-state index in [1.54, 1.807) is 0 Å². The molecule has 31 heavy (non-hydrogen) atoms. The SMILES string of the molecule is CCCC(C(=O)NN1CCOCC1)n1c(Cc2c(Cl)cccc2Cl)nc2ccccc21. The second kappa shape index (κ2) is 10.0. The van der Waals surface area contributed by atoms with Gasteiger partial charge in [0, 0.05) is 29.6 Å². The summed E-state index contributed by atoms with van der Waals surface area (Å²) in [6.07, 6.45) is 2.00. The molecule has 1 fully saturated rings. The molecule has 164 valence electrons. The first-order valence-electron chi connectivity index (χ1n) is 10.6. The molecule has 8 heteroatoms. The summed E-state index contributed by atoms with van der Waals surface area (Å²) >= 11 is 12.9. The van der Waals surface area contributed by atoms with Gasteiger partial charge in [0.15, 0.2) is 0 Å². The van der Waals surface area contributed by atoms with Crippen molar-refractivity contribution in [2.45, 2.75) is 32.2 Å². The van der Waals surface area contributed by atoms with Crippen LogP contribution in [0.4, 0.5) is 0 Å². The monoisotopic (exact) mass is 460 g/mol. The Morgan fingerprint density at radius 2 is 1.84 bits per heavy atom. The molecule has 1 saturated heterocycles. The van der Waals surface area contributed by atoms with Crippen LogP contribution in [0, 0.1) is 0 Å². The number of carbonyl (C=O) groups excluding carboxylic acids is 1. The van der Waals surface area contributed by atoms with Gasteiger partial charge in [-0.1, -0.05) is 54.7 Å². The molecule has 0 aliphatic carbocycles. The third-order valence-electron chi connectivity index (χ3n) is 5.52. The number of hydrazine groups is 1. The Balaban J connectivity index is 1.74.